The van der Waals surface area contributed by atoms with Crippen molar-refractivity contribution in [3.63, 3.8) is 0 Å². The third-order valence-electron chi connectivity index (χ3n) is 3.13. The Morgan fingerprint density at radius 2 is 1.96 bits per heavy atom. The lowest BCUT2D eigenvalue weighted by molar-refractivity contribution is -0.137. The third-order valence-corrected chi connectivity index (χ3v) is 3.41. The number of aryl methyl sites for hydroxylation is 1. The molecule has 0 bridgehead atoms. The van der Waals surface area contributed by atoms with Crippen LogP contribution in [0, 0.1) is 6.92 Å². The van der Waals surface area contributed by atoms with Crippen LogP contribution in [0.2, 0.25) is 5.02 Å². The molecule has 0 spiro atoms. The molecule has 1 aromatic heterocycles. The predicted molar refractivity (Wildman–Crippen MR) is 84.3 cm³/mol. The summed E-state index contributed by atoms with van der Waals surface area (Å²) in [4.78, 5) is 27.1. The Kier molecular flexibility index (Phi) is 5.63. The van der Waals surface area contributed by atoms with Crippen molar-refractivity contribution in [1.29, 1.82) is 0 Å². The Morgan fingerprint density at radius 1 is 1.28 bits per heavy atom. The van der Waals surface area contributed by atoms with Crippen molar-refractivity contribution in [3.8, 4) is 0 Å². The summed E-state index contributed by atoms with van der Waals surface area (Å²) in [6.07, 6.45) is -4.05. The summed E-state index contributed by atoms with van der Waals surface area (Å²) in [5.74, 6) is -1.73. The summed E-state index contributed by atoms with van der Waals surface area (Å²) in [5, 5.41) is 1.80. The monoisotopic (exact) mass is 372 g/mol. The van der Waals surface area contributed by atoms with Gasteiger partial charge in [0, 0.05) is 6.20 Å². The van der Waals surface area contributed by atoms with E-state index in [4.69, 9.17) is 16.3 Å². The van der Waals surface area contributed by atoms with Gasteiger partial charge in [-0.25, -0.2) is 9.78 Å². The zero-order chi connectivity index (χ0) is 18.6. The number of hydrogen-bond donors (Lipinski definition) is 1. The van der Waals surface area contributed by atoms with E-state index in [-0.39, 0.29) is 10.8 Å². The van der Waals surface area contributed by atoms with Crippen molar-refractivity contribution in [2.24, 2.45) is 0 Å². The number of nitrogens with one attached hydrogen (secondary N) is 1. The summed E-state index contributed by atoms with van der Waals surface area (Å²) in [7, 11) is 0. The van der Waals surface area contributed by atoms with Gasteiger partial charge in [0.1, 0.15) is 0 Å². The van der Waals surface area contributed by atoms with E-state index in [2.05, 4.69) is 10.3 Å². The maximum absolute atomic E-state index is 12.5. The van der Waals surface area contributed by atoms with Crippen LogP contribution in [-0.4, -0.2) is 23.5 Å². The molecule has 0 aliphatic heterocycles. The summed E-state index contributed by atoms with van der Waals surface area (Å²) < 4.78 is 42.4. The number of rotatable bonds is 4. The van der Waals surface area contributed by atoms with E-state index in [0.29, 0.717) is 23.4 Å². The van der Waals surface area contributed by atoms with Gasteiger partial charge in [0.2, 0.25) is 0 Å². The third kappa shape index (κ3) is 4.93. The van der Waals surface area contributed by atoms with Crippen LogP contribution in [0.5, 0.6) is 0 Å². The van der Waals surface area contributed by atoms with Gasteiger partial charge in [0.15, 0.2) is 12.4 Å². The first kappa shape index (κ1) is 18.7. The molecule has 132 valence electrons. The number of aromatic nitrogens is 1. The molecule has 0 radical (unpaired) electrons. The molecule has 0 saturated carbocycles. The van der Waals surface area contributed by atoms with Gasteiger partial charge >= 0.3 is 12.1 Å². The molecule has 2 rings (SSSR count). The molecule has 1 aromatic carbocycles. The van der Waals surface area contributed by atoms with Crippen LogP contribution in [0.25, 0.3) is 0 Å². The second-order valence-electron chi connectivity index (χ2n) is 4.99. The van der Waals surface area contributed by atoms with E-state index in [0.717, 1.165) is 0 Å². The molecule has 0 atom stereocenters. The van der Waals surface area contributed by atoms with Gasteiger partial charge in [-0.1, -0.05) is 29.8 Å². The number of amides is 1. The molecule has 1 amide bonds. The zero-order valence-electron chi connectivity index (χ0n) is 12.9. The Labute approximate surface area is 145 Å². The molecule has 1 heterocycles. The van der Waals surface area contributed by atoms with Crippen molar-refractivity contribution >= 4 is 29.3 Å². The molecule has 9 heteroatoms. The number of anilines is 1. The number of nitrogens with zero attached hydrogens (tertiary/aromatic N) is 1. The average molecular weight is 373 g/mol. The Morgan fingerprint density at radius 3 is 2.56 bits per heavy atom. The topological polar surface area (TPSA) is 68.3 Å². The number of carbonyl (C=O) groups is 2. The van der Waals surface area contributed by atoms with E-state index in [9.17, 15) is 22.8 Å². The normalized spacial score (nSPS) is 11.1. The fourth-order valence-corrected chi connectivity index (χ4v) is 2.08. The van der Waals surface area contributed by atoms with Crippen molar-refractivity contribution in [3.05, 3.63) is 58.2 Å². The lowest BCUT2D eigenvalue weighted by atomic mass is 10.1. The smallest absolute Gasteiger partial charge is 0.417 e. The van der Waals surface area contributed by atoms with E-state index in [1.54, 1.807) is 31.2 Å². The molecular weight excluding hydrogens is 361 g/mol. The van der Waals surface area contributed by atoms with Gasteiger partial charge < -0.3 is 10.1 Å². The molecular formula is C16H12ClF3N2O3. The Bertz CT molecular complexity index is 809. The average Bonchev–Trinajstić information content (AvgIpc) is 2.54. The van der Waals surface area contributed by atoms with E-state index >= 15 is 0 Å². The lowest BCUT2D eigenvalue weighted by Gasteiger charge is -2.10. The fraction of sp³-hybridized carbons (Fsp3) is 0.188. The second kappa shape index (κ2) is 7.52. The molecule has 0 unspecified atom stereocenters. The maximum Gasteiger partial charge on any atom is 0.417 e. The number of halogens is 4. The van der Waals surface area contributed by atoms with Crippen LogP contribution in [0.1, 0.15) is 21.5 Å². The first-order valence-electron chi connectivity index (χ1n) is 6.94. The van der Waals surface area contributed by atoms with Gasteiger partial charge in [0.25, 0.3) is 5.91 Å². The number of carbonyl (C=O) groups excluding carboxylic acids is 2. The summed E-state index contributed by atoms with van der Waals surface area (Å²) in [5.41, 5.74) is -0.0529. The minimum atomic E-state index is -4.59. The number of benzene rings is 1. The lowest BCUT2D eigenvalue weighted by Crippen LogP contribution is -2.22. The fourth-order valence-electron chi connectivity index (χ4n) is 1.86. The quantitative estimate of drug-likeness (QED) is 0.827. The van der Waals surface area contributed by atoms with Crippen molar-refractivity contribution in [1.82, 2.24) is 4.98 Å². The number of ether oxygens (including phenoxy) is 1. The SMILES string of the molecule is Cc1ccccc1C(=O)OCC(=O)Nc1ncc(C(F)(F)F)cc1Cl. The highest BCUT2D eigenvalue weighted by Crippen LogP contribution is 2.32. The summed E-state index contributed by atoms with van der Waals surface area (Å²) in [6.45, 7) is 1.08. The van der Waals surface area contributed by atoms with E-state index < -0.39 is 30.2 Å². The van der Waals surface area contributed by atoms with E-state index in [1.807, 2.05) is 0 Å². The van der Waals surface area contributed by atoms with Crippen LogP contribution < -0.4 is 5.32 Å². The molecule has 0 saturated heterocycles. The summed E-state index contributed by atoms with van der Waals surface area (Å²) in [6, 6.07) is 7.29. The standard InChI is InChI=1S/C16H12ClF3N2O3/c1-9-4-2-3-5-11(9)15(24)25-8-13(23)22-14-12(17)6-10(7-21-14)16(18,19)20/h2-7H,8H2,1H3,(H,21,22,23). The van der Waals surface area contributed by atoms with Gasteiger partial charge in [-0.2, -0.15) is 13.2 Å². The van der Waals surface area contributed by atoms with Crippen LogP contribution in [-0.2, 0) is 15.7 Å². The zero-order valence-corrected chi connectivity index (χ0v) is 13.6. The van der Waals surface area contributed by atoms with Crippen molar-refractivity contribution in [2.75, 3.05) is 11.9 Å². The molecule has 5 nitrogen and oxygen atoms in total. The molecule has 0 fully saturated rings. The van der Waals surface area contributed by atoms with Gasteiger partial charge in [0.05, 0.1) is 16.1 Å². The highest BCUT2D eigenvalue weighted by molar-refractivity contribution is 6.33. The first-order chi connectivity index (χ1) is 11.7. The molecule has 1 N–H and O–H groups in total. The van der Waals surface area contributed by atoms with Gasteiger partial charge in [-0.15, -0.1) is 0 Å². The maximum atomic E-state index is 12.5. The first-order valence-corrected chi connectivity index (χ1v) is 7.31. The predicted octanol–water partition coefficient (Wildman–Crippen LogP) is 3.86. The van der Waals surface area contributed by atoms with Crippen molar-refractivity contribution < 1.29 is 27.5 Å². The molecule has 0 aliphatic rings. The number of hydrogen-bond acceptors (Lipinski definition) is 4. The molecule has 25 heavy (non-hydrogen) atoms. The summed E-state index contributed by atoms with van der Waals surface area (Å²) >= 11 is 5.67. The second-order valence-corrected chi connectivity index (χ2v) is 5.40. The van der Waals surface area contributed by atoms with Crippen LogP contribution >= 0.6 is 11.6 Å². The highest BCUT2D eigenvalue weighted by Gasteiger charge is 2.31. The number of pyridine rings is 1. The number of alkyl halides is 3. The van der Waals surface area contributed by atoms with E-state index in [1.165, 1.54) is 0 Å². The van der Waals surface area contributed by atoms with Crippen LogP contribution in [0.3, 0.4) is 0 Å². The Balaban J connectivity index is 1.97. The molecule has 2 aromatic rings. The minimum absolute atomic E-state index is 0.258. The largest absolute Gasteiger partial charge is 0.452 e. The highest BCUT2D eigenvalue weighted by atomic mass is 35.5. The van der Waals surface area contributed by atoms with Crippen LogP contribution in [0.15, 0.2) is 36.5 Å². The Hall–Kier alpha value is -2.61. The van der Waals surface area contributed by atoms with Crippen LogP contribution in [0.4, 0.5) is 19.0 Å². The van der Waals surface area contributed by atoms with Gasteiger partial charge in [-0.3, -0.25) is 4.79 Å². The molecule has 0 aliphatic carbocycles. The van der Waals surface area contributed by atoms with Gasteiger partial charge in [-0.05, 0) is 24.6 Å². The minimum Gasteiger partial charge on any atom is -0.452 e. The number of esters is 1. The van der Waals surface area contributed by atoms with Crippen molar-refractivity contribution in [2.45, 2.75) is 13.1 Å².